The maximum absolute atomic E-state index is 8.98. The molecule has 0 radical (unpaired) electrons. The van der Waals surface area contributed by atoms with Gasteiger partial charge in [-0.15, -0.1) is 0 Å². The third-order valence-electron chi connectivity index (χ3n) is 5.03. The van der Waals surface area contributed by atoms with Gasteiger partial charge in [0.15, 0.2) is 0 Å². The third kappa shape index (κ3) is 3.68. The van der Waals surface area contributed by atoms with E-state index in [2.05, 4.69) is 21.3 Å². The van der Waals surface area contributed by atoms with Crippen LogP contribution in [-0.2, 0) is 11.3 Å². The van der Waals surface area contributed by atoms with E-state index in [1.807, 2.05) is 24.5 Å². The molecule has 4 heterocycles. The molecule has 0 aromatic carbocycles. The van der Waals surface area contributed by atoms with E-state index in [-0.39, 0.29) is 11.6 Å². The van der Waals surface area contributed by atoms with Gasteiger partial charge in [-0.1, -0.05) is 6.07 Å². The van der Waals surface area contributed by atoms with Crippen molar-refractivity contribution in [2.45, 2.75) is 37.5 Å². The number of aromatic nitrogens is 1. The summed E-state index contributed by atoms with van der Waals surface area (Å²) >= 11 is 0. The Balaban J connectivity index is 1.38. The number of hydrogen-bond acceptors (Lipinski definition) is 6. The fraction of sp³-hybridized carbons (Fsp3) is 0.474. The normalized spacial score (nSPS) is 26.6. The number of anilines is 1. The second-order valence-corrected chi connectivity index (χ2v) is 7.01. The first-order chi connectivity index (χ1) is 12.2. The zero-order valence-electron chi connectivity index (χ0n) is 14.1. The summed E-state index contributed by atoms with van der Waals surface area (Å²) in [6.07, 6.45) is 6.75. The van der Waals surface area contributed by atoms with Gasteiger partial charge < -0.3 is 14.5 Å². The Morgan fingerprint density at radius 1 is 1.40 bits per heavy atom. The highest BCUT2D eigenvalue weighted by Gasteiger charge is 2.43. The molecule has 1 spiro atoms. The summed E-state index contributed by atoms with van der Waals surface area (Å²) in [5, 5.41) is 12.4. The van der Waals surface area contributed by atoms with Crippen LogP contribution in [0, 0.1) is 11.3 Å². The average molecular weight is 338 g/mol. The smallest absolute Gasteiger partial charge is 0.142 e. The highest BCUT2D eigenvalue weighted by molar-refractivity contribution is 5.39. The number of nitrogens with zero attached hydrogens (tertiary/aromatic N) is 3. The average Bonchev–Trinajstić information content (AvgIpc) is 3.26. The monoisotopic (exact) mass is 338 g/mol. The molecular weight excluding hydrogens is 316 g/mol. The van der Waals surface area contributed by atoms with Crippen LogP contribution in [-0.4, -0.2) is 41.2 Å². The summed E-state index contributed by atoms with van der Waals surface area (Å²) < 4.78 is 11.4. The molecule has 4 rings (SSSR count). The number of pyridine rings is 1. The summed E-state index contributed by atoms with van der Waals surface area (Å²) in [4.78, 5) is 6.75. The van der Waals surface area contributed by atoms with Crippen molar-refractivity contribution in [2.24, 2.45) is 0 Å². The summed E-state index contributed by atoms with van der Waals surface area (Å²) in [6, 6.07) is 9.80. The number of likely N-dealkylation sites (tertiary alicyclic amines) is 1. The zero-order chi connectivity index (χ0) is 17.1. The lowest BCUT2D eigenvalue weighted by Crippen LogP contribution is -2.47. The molecule has 2 atom stereocenters. The number of ether oxygens (including phenoxy) is 1. The van der Waals surface area contributed by atoms with Gasteiger partial charge in [-0.05, 0) is 37.6 Å². The minimum Gasteiger partial charge on any atom is -0.472 e. The first kappa shape index (κ1) is 16.1. The van der Waals surface area contributed by atoms with Crippen LogP contribution in [0.4, 0.5) is 5.82 Å². The maximum atomic E-state index is 8.98. The van der Waals surface area contributed by atoms with Gasteiger partial charge in [0.25, 0.3) is 0 Å². The highest BCUT2D eigenvalue weighted by atomic mass is 16.5. The number of rotatable bonds is 4. The number of furan rings is 1. The molecule has 2 aliphatic rings. The molecule has 0 amide bonds. The van der Waals surface area contributed by atoms with Gasteiger partial charge in [-0.3, -0.25) is 4.90 Å². The molecule has 0 bridgehead atoms. The fourth-order valence-electron chi connectivity index (χ4n) is 3.97. The van der Waals surface area contributed by atoms with Crippen molar-refractivity contribution in [2.75, 3.05) is 25.0 Å². The largest absolute Gasteiger partial charge is 0.472 e. The number of nitriles is 1. The van der Waals surface area contributed by atoms with Gasteiger partial charge >= 0.3 is 0 Å². The lowest BCUT2D eigenvalue weighted by atomic mass is 9.88. The third-order valence-corrected chi connectivity index (χ3v) is 5.03. The van der Waals surface area contributed by atoms with E-state index in [9.17, 15) is 0 Å². The SMILES string of the molecule is N#Cc1cccc(N[C@@H]2CO[C@]3(CCCN(Cc4ccoc4)C3)C2)n1. The van der Waals surface area contributed by atoms with Crippen LogP contribution in [0.5, 0.6) is 0 Å². The number of piperidine rings is 1. The zero-order valence-corrected chi connectivity index (χ0v) is 14.1. The Hall–Kier alpha value is -2.36. The predicted molar refractivity (Wildman–Crippen MR) is 92.9 cm³/mol. The predicted octanol–water partition coefficient (Wildman–Crippen LogP) is 2.78. The first-order valence-electron chi connectivity index (χ1n) is 8.76. The molecule has 2 aromatic rings. The van der Waals surface area contributed by atoms with Crippen molar-refractivity contribution in [1.29, 1.82) is 5.26 Å². The van der Waals surface area contributed by atoms with Gasteiger partial charge in [0, 0.05) is 25.1 Å². The van der Waals surface area contributed by atoms with E-state index in [1.165, 1.54) is 5.56 Å². The standard InChI is InChI=1S/C19H22N4O2/c20-10-16-3-1-4-18(21-16)22-17-9-19(25-13-17)6-2-7-23(14-19)11-15-5-8-24-12-15/h1,3-5,8,12,17H,2,6-7,9,11,13-14H2,(H,21,22)/t17-,19+/m0/s1. The van der Waals surface area contributed by atoms with E-state index in [1.54, 1.807) is 12.3 Å². The molecule has 130 valence electrons. The van der Waals surface area contributed by atoms with Gasteiger partial charge in [-0.25, -0.2) is 4.98 Å². The number of hydrogen-bond donors (Lipinski definition) is 1. The van der Waals surface area contributed by atoms with E-state index in [0.29, 0.717) is 12.3 Å². The summed E-state index contributed by atoms with van der Waals surface area (Å²) in [6.45, 7) is 3.63. The lowest BCUT2D eigenvalue weighted by Gasteiger charge is -2.39. The van der Waals surface area contributed by atoms with Crippen molar-refractivity contribution >= 4 is 5.82 Å². The van der Waals surface area contributed by atoms with Crippen LogP contribution < -0.4 is 5.32 Å². The van der Waals surface area contributed by atoms with Crippen LogP contribution in [0.1, 0.15) is 30.5 Å². The molecule has 6 nitrogen and oxygen atoms in total. The number of nitrogens with one attached hydrogen (secondary N) is 1. The molecule has 0 aliphatic carbocycles. The van der Waals surface area contributed by atoms with Crippen LogP contribution >= 0.6 is 0 Å². The summed E-state index contributed by atoms with van der Waals surface area (Å²) in [5.74, 6) is 0.746. The second kappa shape index (κ2) is 6.87. The van der Waals surface area contributed by atoms with Crippen molar-refractivity contribution < 1.29 is 9.15 Å². The van der Waals surface area contributed by atoms with Crippen LogP contribution in [0.3, 0.4) is 0 Å². The molecule has 2 aliphatic heterocycles. The molecule has 25 heavy (non-hydrogen) atoms. The fourth-order valence-corrected chi connectivity index (χ4v) is 3.97. The van der Waals surface area contributed by atoms with Crippen LogP contribution in [0.15, 0.2) is 41.2 Å². The highest BCUT2D eigenvalue weighted by Crippen LogP contribution is 2.36. The summed E-state index contributed by atoms with van der Waals surface area (Å²) in [7, 11) is 0. The van der Waals surface area contributed by atoms with Gasteiger partial charge in [0.1, 0.15) is 17.6 Å². The van der Waals surface area contributed by atoms with Gasteiger partial charge in [0.2, 0.25) is 0 Å². The first-order valence-corrected chi connectivity index (χ1v) is 8.76. The Labute approximate surface area is 147 Å². The second-order valence-electron chi connectivity index (χ2n) is 7.01. The Morgan fingerprint density at radius 3 is 3.20 bits per heavy atom. The van der Waals surface area contributed by atoms with Gasteiger partial charge in [0.05, 0.1) is 30.8 Å². The van der Waals surface area contributed by atoms with Crippen molar-refractivity contribution in [3.05, 3.63) is 48.0 Å². The topological polar surface area (TPSA) is 74.3 Å². The minimum absolute atomic E-state index is 0.0769. The van der Waals surface area contributed by atoms with Crippen LogP contribution in [0.2, 0.25) is 0 Å². The molecule has 0 unspecified atom stereocenters. The Kier molecular flexibility index (Phi) is 4.43. The summed E-state index contributed by atoms with van der Waals surface area (Å²) in [5.41, 5.74) is 1.57. The molecule has 6 heteroatoms. The Bertz CT molecular complexity index is 755. The Morgan fingerprint density at radius 2 is 2.36 bits per heavy atom. The molecule has 0 saturated carbocycles. The molecule has 1 N–H and O–H groups in total. The van der Waals surface area contributed by atoms with E-state index in [0.717, 1.165) is 44.7 Å². The van der Waals surface area contributed by atoms with Crippen molar-refractivity contribution in [1.82, 2.24) is 9.88 Å². The quantitative estimate of drug-likeness (QED) is 0.924. The minimum atomic E-state index is -0.0769. The molecular formula is C19H22N4O2. The van der Waals surface area contributed by atoms with E-state index < -0.39 is 0 Å². The lowest BCUT2D eigenvalue weighted by molar-refractivity contribution is -0.0533. The van der Waals surface area contributed by atoms with Crippen LogP contribution in [0.25, 0.3) is 0 Å². The van der Waals surface area contributed by atoms with E-state index in [4.69, 9.17) is 14.4 Å². The van der Waals surface area contributed by atoms with Gasteiger partial charge in [-0.2, -0.15) is 5.26 Å². The maximum Gasteiger partial charge on any atom is 0.142 e. The van der Waals surface area contributed by atoms with Crippen molar-refractivity contribution in [3.63, 3.8) is 0 Å². The molecule has 2 fully saturated rings. The molecule has 2 aromatic heterocycles. The van der Waals surface area contributed by atoms with Crippen molar-refractivity contribution in [3.8, 4) is 6.07 Å². The molecule has 2 saturated heterocycles. The van der Waals surface area contributed by atoms with E-state index >= 15 is 0 Å².